The van der Waals surface area contributed by atoms with E-state index in [9.17, 15) is 9.59 Å². The van der Waals surface area contributed by atoms with Crippen molar-refractivity contribution in [1.82, 2.24) is 10.2 Å². The van der Waals surface area contributed by atoms with Gasteiger partial charge in [-0.25, -0.2) is 0 Å². The Kier molecular flexibility index (Phi) is 5.08. The third-order valence-corrected chi connectivity index (χ3v) is 4.87. The summed E-state index contributed by atoms with van der Waals surface area (Å²) in [7, 11) is 0. The van der Waals surface area contributed by atoms with Gasteiger partial charge in [0.1, 0.15) is 0 Å². The summed E-state index contributed by atoms with van der Waals surface area (Å²) in [5, 5.41) is 6.34. The highest BCUT2D eigenvalue weighted by atomic mass is 32.1. The van der Waals surface area contributed by atoms with E-state index in [2.05, 4.69) is 17.4 Å². The monoisotopic (exact) mass is 328 g/mol. The van der Waals surface area contributed by atoms with E-state index < -0.39 is 0 Å². The van der Waals surface area contributed by atoms with E-state index in [0.717, 1.165) is 25.9 Å². The Morgan fingerprint density at radius 2 is 2.04 bits per heavy atom. The number of amides is 2. The molecule has 1 atom stereocenters. The van der Waals surface area contributed by atoms with Crippen molar-refractivity contribution < 1.29 is 9.59 Å². The minimum absolute atomic E-state index is 0.00383. The number of benzene rings is 1. The highest BCUT2D eigenvalue weighted by Crippen LogP contribution is 2.20. The van der Waals surface area contributed by atoms with Gasteiger partial charge in [-0.1, -0.05) is 30.3 Å². The molecule has 1 aromatic heterocycles. The van der Waals surface area contributed by atoms with Crippen LogP contribution in [-0.4, -0.2) is 36.3 Å². The van der Waals surface area contributed by atoms with Crippen molar-refractivity contribution >= 4 is 23.2 Å². The molecule has 1 aliphatic rings. The molecule has 120 valence electrons. The van der Waals surface area contributed by atoms with Gasteiger partial charge in [0.2, 0.25) is 5.91 Å². The number of rotatable bonds is 5. The molecule has 1 aliphatic heterocycles. The predicted octanol–water partition coefficient (Wildman–Crippen LogP) is 2.57. The highest BCUT2D eigenvalue weighted by molar-refractivity contribution is 7.08. The van der Waals surface area contributed by atoms with Gasteiger partial charge in [0.15, 0.2) is 0 Å². The maximum absolute atomic E-state index is 12.2. The molecule has 1 aromatic carbocycles. The number of carbonyl (C=O) groups is 2. The second kappa shape index (κ2) is 7.42. The van der Waals surface area contributed by atoms with E-state index in [1.807, 2.05) is 28.5 Å². The SMILES string of the molecule is O=C(NCC(=O)N1CC[C@@H](Cc2ccccc2)C1)c1ccsc1. The summed E-state index contributed by atoms with van der Waals surface area (Å²) >= 11 is 1.47. The Bertz CT molecular complexity index is 655. The number of thiophene rings is 1. The molecule has 23 heavy (non-hydrogen) atoms. The molecule has 0 radical (unpaired) electrons. The quantitative estimate of drug-likeness (QED) is 0.917. The summed E-state index contributed by atoms with van der Waals surface area (Å²) in [4.78, 5) is 25.9. The van der Waals surface area contributed by atoms with Crippen LogP contribution in [0.25, 0.3) is 0 Å². The van der Waals surface area contributed by atoms with E-state index in [1.165, 1.54) is 16.9 Å². The fraction of sp³-hybridized carbons (Fsp3) is 0.333. The largest absolute Gasteiger partial charge is 0.343 e. The fourth-order valence-corrected chi connectivity index (χ4v) is 3.57. The average Bonchev–Trinajstić information content (AvgIpc) is 3.25. The summed E-state index contributed by atoms with van der Waals surface area (Å²) in [6, 6.07) is 12.1. The molecule has 2 heterocycles. The van der Waals surface area contributed by atoms with Crippen LogP contribution in [0.2, 0.25) is 0 Å². The lowest BCUT2D eigenvalue weighted by Gasteiger charge is -2.17. The lowest BCUT2D eigenvalue weighted by Crippen LogP contribution is -2.39. The van der Waals surface area contributed by atoms with Crippen molar-refractivity contribution in [1.29, 1.82) is 0 Å². The zero-order chi connectivity index (χ0) is 16.1. The third-order valence-electron chi connectivity index (χ3n) is 4.19. The summed E-state index contributed by atoms with van der Waals surface area (Å²) in [5.74, 6) is 0.331. The first-order chi connectivity index (χ1) is 11.2. The summed E-state index contributed by atoms with van der Waals surface area (Å²) in [6.07, 6.45) is 2.03. The molecular formula is C18H20N2O2S. The molecule has 3 rings (SSSR count). The van der Waals surface area contributed by atoms with Crippen molar-refractivity contribution in [2.45, 2.75) is 12.8 Å². The van der Waals surface area contributed by atoms with Gasteiger partial charge in [0, 0.05) is 24.0 Å². The van der Waals surface area contributed by atoms with Gasteiger partial charge in [-0.2, -0.15) is 11.3 Å². The van der Waals surface area contributed by atoms with E-state index in [4.69, 9.17) is 0 Å². The van der Waals surface area contributed by atoms with Crippen LogP contribution in [-0.2, 0) is 11.2 Å². The van der Waals surface area contributed by atoms with Crippen LogP contribution in [0.1, 0.15) is 22.3 Å². The molecule has 1 fully saturated rings. The Labute approximate surface area is 140 Å². The lowest BCUT2D eigenvalue weighted by molar-refractivity contribution is -0.129. The standard InChI is InChI=1S/C18H20N2O2S/c21-17(11-19-18(22)16-7-9-23-13-16)20-8-6-15(12-20)10-14-4-2-1-3-5-14/h1-5,7,9,13,15H,6,8,10-12H2,(H,19,22)/t15-/m0/s1. The average molecular weight is 328 g/mol. The number of nitrogens with one attached hydrogen (secondary N) is 1. The molecule has 0 bridgehead atoms. The minimum atomic E-state index is -0.181. The fourth-order valence-electron chi connectivity index (χ4n) is 2.94. The maximum atomic E-state index is 12.2. The highest BCUT2D eigenvalue weighted by Gasteiger charge is 2.26. The molecule has 1 N–H and O–H groups in total. The van der Waals surface area contributed by atoms with Crippen LogP contribution in [0.4, 0.5) is 0 Å². The number of nitrogens with zero attached hydrogens (tertiary/aromatic N) is 1. The smallest absolute Gasteiger partial charge is 0.252 e. The number of hydrogen-bond donors (Lipinski definition) is 1. The van der Waals surface area contributed by atoms with Crippen LogP contribution in [0.15, 0.2) is 47.2 Å². The zero-order valence-electron chi connectivity index (χ0n) is 12.9. The number of likely N-dealkylation sites (tertiary alicyclic amines) is 1. The van der Waals surface area contributed by atoms with Crippen molar-refractivity contribution in [3.63, 3.8) is 0 Å². The summed E-state index contributed by atoms with van der Waals surface area (Å²) in [5.41, 5.74) is 1.93. The second-order valence-corrected chi connectivity index (χ2v) is 6.66. The summed E-state index contributed by atoms with van der Waals surface area (Å²) in [6.45, 7) is 1.64. The first-order valence-electron chi connectivity index (χ1n) is 7.84. The Morgan fingerprint density at radius 1 is 1.22 bits per heavy atom. The van der Waals surface area contributed by atoms with Gasteiger partial charge in [0.05, 0.1) is 6.54 Å². The van der Waals surface area contributed by atoms with E-state index in [0.29, 0.717) is 11.5 Å². The van der Waals surface area contributed by atoms with Gasteiger partial charge < -0.3 is 10.2 Å². The number of carbonyl (C=O) groups excluding carboxylic acids is 2. The molecule has 2 aromatic rings. The molecule has 4 nitrogen and oxygen atoms in total. The molecular weight excluding hydrogens is 308 g/mol. The van der Waals surface area contributed by atoms with Crippen LogP contribution < -0.4 is 5.32 Å². The van der Waals surface area contributed by atoms with Crippen LogP contribution in [0.5, 0.6) is 0 Å². The first kappa shape index (κ1) is 15.7. The molecule has 0 saturated carbocycles. The zero-order valence-corrected chi connectivity index (χ0v) is 13.7. The molecule has 2 amide bonds. The van der Waals surface area contributed by atoms with E-state index in [-0.39, 0.29) is 18.4 Å². The topological polar surface area (TPSA) is 49.4 Å². The maximum Gasteiger partial charge on any atom is 0.252 e. The van der Waals surface area contributed by atoms with Crippen molar-refractivity contribution in [2.24, 2.45) is 5.92 Å². The minimum Gasteiger partial charge on any atom is -0.343 e. The van der Waals surface area contributed by atoms with Crippen LogP contribution in [0, 0.1) is 5.92 Å². The third kappa shape index (κ3) is 4.20. The van der Waals surface area contributed by atoms with Crippen molar-refractivity contribution in [3.05, 3.63) is 58.3 Å². The van der Waals surface area contributed by atoms with Gasteiger partial charge in [-0.3, -0.25) is 9.59 Å². The summed E-state index contributed by atoms with van der Waals surface area (Å²) < 4.78 is 0. The van der Waals surface area contributed by atoms with Gasteiger partial charge in [-0.05, 0) is 35.8 Å². The van der Waals surface area contributed by atoms with Crippen LogP contribution >= 0.6 is 11.3 Å². The van der Waals surface area contributed by atoms with Gasteiger partial charge in [0.25, 0.3) is 5.91 Å². The Hall–Kier alpha value is -2.14. The van der Waals surface area contributed by atoms with Crippen molar-refractivity contribution in [3.8, 4) is 0 Å². The molecule has 0 aliphatic carbocycles. The van der Waals surface area contributed by atoms with Crippen LogP contribution in [0.3, 0.4) is 0 Å². The van der Waals surface area contributed by atoms with E-state index >= 15 is 0 Å². The van der Waals surface area contributed by atoms with E-state index in [1.54, 1.807) is 11.4 Å². The van der Waals surface area contributed by atoms with Crippen molar-refractivity contribution in [2.75, 3.05) is 19.6 Å². The number of hydrogen-bond acceptors (Lipinski definition) is 3. The van der Waals surface area contributed by atoms with Gasteiger partial charge in [-0.15, -0.1) is 0 Å². The first-order valence-corrected chi connectivity index (χ1v) is 8.79. The molecule has 0 unspecified atom stereocenters. The molecule has 1 saturated heterocycles. The normalized spacial score (nSPS) is 17.2. The molecule has 0 spiro atoms. The Morgan fingerprint density at radius 3 is 2.78 bits per heavy atom. The molecule has 5 heteroatoms. The second-order valence-electron chi connectivity index (χ2n) is 5.88. The van der Waals surface area contributed by atoms with Gasteiger partial charge >= 0.3 is 0 Å². The Balaban J connectivity index is 1.45. The lowest BCUT2D eigenvalue weighted by atomic mass is 9.99. The predicted molar refractivity (Wildman–Crippen MR) is 91.5 cm³/mol.